The van der Waals surface area contributed by atoms with Gasteiger partial charge in [-0.1, -0.05) is 12.1 Å². The predicted octanol–water partition coefficient (Wildman–Crippen LogP) is -0.442. The number of aliphatic hydroxyl groups is 4. The Hall–Kier alpha value is -2.89. The van der Waals surface area contributed by atoms with E-state index in [1.807, 2.05) is 0 Å². The Morgan fingerprint density at radius 2 is 1.77 bits per heavy atom. The lowest BCUT2D eigenvalue weighted by Crippen LogP contribution is -2.55. The summed E-state index contributed by atoms with van der Waals surface area (Å²) in [5.74, 6) is -2.63. The molecular weight excluding hydrogens is 400 g/mol. The van der Waals surface area contributed by atoms with Crippen LogP contribution in [0.25, 0.3) is 0 Å². The Morgan fingerprint density at radius 1 is 1.07 bits per heavy atom. The molecule has 162 valence electrons. The Morgan fingerprint density at radius 3 is 2.37 bits per heavy atom. The van der Waals surface area contributed by atoms with Gasteiger partial charge in [-0.3, -0.25) is 4.79 Å². The molecule has 7 N–H and O–H groups in total. The lowest BCUT2D eigenvalue weighted by molar-refractivity contribution is -0.232. The topological polar surface area (TPSA) is 177 Å². The molecular formula is C20H22O10. The van der Waals surface area contributed by atoms with Crippen molar-refractivity contribution in [3.8, 4) is 23.0 Å². The first-order valence-electron chi connectivity index (χ1n) is 8.98. The molecule has 5 atom stereocenters. The van der Waals surface area contributed by atoms with Gasteiger partial charge in [-0.05, 0) is 12.1 Å². The zero-order valence-electron chi connectivity index (χ0n) is 15.8. The molecule has 0 amide bonds. The Balaban J connectivity index is 2.15. The summed E-state index contributed by atoms with van der Waals surface area (Å²) in [5, 5.41) is 70.6. The van der Waals surface area contributed by atoms with Crippen LogP contribution in [-0.4, -0.2) is 79.7 Å². The van der Waals surface area contributed by atoms with Crippen LogP contribution >= 0.6 is 0 Å². The number of phenols is 3. The van der Waals surface area contributed by atoms with Crippen LogP contribution in [0.1, 0.15) is 27.6 Å². The summed E-state index contributed by atoms with van der Waals surface area (Å²) in [4.78, 5) is 12.9. The fourth-order valence-corrected chi connectivity index (χ4v) is 3.45. The third kappa shape index (κ3) is 3.66. The second kappa shape index (κ2) is 8.46. The van der Waals surface area contributed by atoms with Crippen LogP contribution < -0.4 is 4.74 Å². The SMILES string of the molecule is COc1cc(O)c(C(=O)c2cccc(O)c2)c(O)c1[C@@H]1O[C@H](CO)[C@@H](O)[C@H](O)[C@H]1O. The highest BCUT2D eigenvalue weighted by Crippen LogP contribution is 2.46. The lowest BCUT2D eigenvalue weighted by Gasteiger charge is -2.40. The summed E-state index contributed by atoms with van der Waals surface area (Å²) in [5.41, 5.74) is -0.852. The number of ketones is 1. The maximum Gasteiger partial charge on any atom is 0.200 e. The van der Waals surface area contributed by atoms with E-state index in [0.29, 0.717) is 0 Å². The van der Waals surface area contributed by atoms with E-state index in [9.17, 15) is 40.5 Å². The van der Waals surface area contributed by atoms with E-state index in [4.69, 9.17) is 9.47 Å². The molecule has 2 aromatic rings. The molecule has 30 heavy (non-hydrogen) atoms. The van der Waals surface area contributed by atoms with Crippen molar-refractivity contribution in [2.24, 2.45) is 0 Å². The number of carbonyl (C=O) groups excluding carboxylic acids is 1. The molecule has 10 heteroatoms. The molecule has 1 aliphatic rings. The molecule has 1 fully saturated rings. The van der Waals surface area contributed by atoms with Crippen molar-refractivity contribution in [1.82, 2.24) is 0 Å². The molecule has 1 heterocycles. The van der Waals surface area contributed by atoms with Gasteiger partial charge in [0.15, 0.2) is 0 Å². The quantitative estimate of drug-likeness (QED) is 0.313. The largest absolute Gasteiger partial charge is 0.508 e. The van der Waals surface area contributed by atoms with Crippen LogP contribution in [0.3, 0.4) is 0 Å². The second-order valence-corrected chi connectivity index (χ2v) is 6.86. The smallest absolute Gasteiger partial charge is 0.200 e. The van der Waals surface area contributed by atoms with Crippen molar-refractivity contribution in [1.29, 1.82) is 0 Å². The molecule has 0 spiro atoms. The van der Waals surface area contributed by atoms with Gasteiger partial charge in [0.25, 0.3) is 0 Å². The van der Waals surface area contributed by atoms with Crippen molar-refractivity contribution < 1.29 is 50.0 Å². The Kier molecular flexibility index (Phi) is 6.15. The molecule has 10 nitrogen and oxygen atoms in total. The van der Waals surface area contributed by atoms with Crippen molar-refractivity contribution in [3.63, 3.8) is 0 Å². The molecule has 0 bridgehead atoms. The number of phenolic OH excluding ortho intramolecular Hbond substituents is 3. The van der Waals surface area contributed by atoms with Gasteiger partial charge in [-0.15, -0.1) is 0 Å². The summed E-state index contributed by atoms with van der Waals surface area (Å²) < 4.78 is 10.6. The Labute approximate surface area is 170 Å². The first-order valence-corrected chi connectivity index (χ1v) is 8.98. The number of aliphatic hydroxyl groups excluding tert-OH is 4. The van der Waals surface area contributed by atoms with Crippen molar-refractivity contribution in [2.45, 2.75) is 30.5 Å². The molecule has 2 aromatic carbocycles. The minimum atomic E-state index is -1.75. The monoisotopic (exact) mass is 422 g/mol. The van der Waals surface area contributed by atoms with Gasteiger partial charge in [0, 0.05) is 11.6 Å². The molecule has 0 saturated carbocycles. The van der Waals surface area contributed by atoms with Gasteiger partial charge < -0.3 is 45.2 Å². The zero-order chi connectivity index (χ0) is 22.2. The Bertz CT molecular complexity index is 941. The average molecular weight is 422 g/mol. The van der Waals surface area contributed by atoms with Gasteiger partial charge >= 0.3 is 0 Å². The van der Waals surface area contributed by atoms with E-state index in [0.717, 1.165) is 12.1 Å². The van der Waals surface area contributed by atoms with Crippen LogP contribution in [-0.2, 0) is 4.74 Å². The second-order valence-electron chi connectivity index (χ2n) is 6.86. The number of benzene rings is 2. The summed E-state index contributed by atoms with van der Waals surface area (Å²) in [7, 11) is 1.21. The molecule has 0 aromatic heterocycles. The number of hydrogen-bond acceptors (Lipinski definition) is 10. The van der Waals surface area contributed by atoms with Crippen LogP contribution in [0.5, 0.6) is 23.0 Å². The number of carbonyl (C=O) groups is 1. The fraction of sp³-hybridized carbons (Fsp3) is 0.350. The van der Waals surface area contributed by atoms with Crippen molar-refractivity contribution in [2.75, 3.05) is 13.7 Å². The van der Waals surface area contributed by atoms with E-state index in [-0.39, 0.29) is 22.6 Å². The van der Waals surface area contributed by atoms with Crippen LogP contribution in [0.2, 0.25) is 0 Å². The highest BCUT2D eigenvalue weighted by molar-refractivity contribution is 6.13. The van der Waals surface area contributed by atoms with Crippen LogP contribution in [0, 0.1) is 0 Å². The molecule has 0 aliphatic carbocycles. The minimum absolute atomic E-state index is 0.0366. The van der Waals surface area contributed by atoms with Crippen molar-refractivity contribution in [3.05, 3.63) is 47.0 Å². The zero-order valence-corrected chi connectivity index (χ0v) is 15.8. The number of aromatic hydroxyl groups is 3. The van der Waals surface area contributed by atoms with Gasteiger partial charge in [-0.25, -0.2) is 0 Å². The lowest BCUT2D eigenvalue weighted by atomic mass is 9.88. The van der Waals surface area contributed by atoms with E-state index < -0.39 is 60.0 Å². The van der Waals surface area contributed by atoms with E-state index in [1.54, 1.807) is 0 Å². The maximum atomic E-state index is 12.9. The summed E-state index contributed by atoms with van der Waals surface area (Å²) in [6, 6.07) is 6.26. The third-order valence-electron chi connectivity index (χ3n) is 5.01. The molecule has 1 saturated heterocycles. The number of hydrogen-bond donors (Lipinski definition) is 7. The molecule has 3 rings (SSSR count). The average Bonchev–Trinajstić information content (AvgIpc) is 2.72. The first-order chi connectivity index (χ1) is 14.2. The maximum absolute atomic E-state index is 12.9. The summed E-state index contributed by atoms with van der Waals surface area (Å²) >= 11 is 0. The first kappa shape index (κ1) is 21.8. The van der Waals surface area contributed by atoms with E-state index >= 15 is 0 Å². The molecule has 1 aliphatic heterocycles. The van der Waals surface area contributed by atoms with Crippen LogP contribution in [0.4, 0.5) is 0 Å². The summed E-state index contributed by atoms with van der Waals surface area (Å²) in [6.07, 6.45) is -7.89. The summed E-state index contributed by atoms with van der Waals surface area (Å²) in [6.45, 7) is -0.697. The number of ether oxygens (including phenoxy) is 2. The minimum Gasteiger partial charge on any atom is -0.508 e. The number of rotatable bonds is 5. The van der Waals surface area contributed by atoms with Crippen molar-refractivity contribution >= 4 is 5.78 Å². The van der Waals surface area contributed by atoms with E-state index in [2.05, 4.69) is 0 Å². The van der Waals surface area contributed by atoms with Gasteiger partial charge in [-0.2, -0.15) is 0 Å². The van der Waals surface area contributed by atoms with Gasteiger partial charge in [0.1, 0.15) is 59.1 Å². The van der Waals surface area contributed by atoms with Crippen LogP contribution in [0.15, 0.2) is 30.3 Å². The number of methoxy groups -OCH3 is 1. The van der Waals surface area contributed by atoms with E-state index in [1.165, 1.54) is 25.3 Å². The highest BCUT2D eigenvalue weighted by atomic mass is 16.5. The van der Waals surface area contributed by atoms with Gasteiger partial charge in [0.2, 0.25) is 5.78 Å². The van der Waals surface area contributed by atoms with Gasteiger partial charge in [0.05, 0.1) is 19.3 Å². The molecule has 0 radical (unpaired) electrons. The standard InChI is InChI=1S/C20H22O10/c1-29-11-6-10(23)13(15(24)8-3-2-4-9(22)5-8)17(26)14(11)20-19(28)18(27)16(25)12(7-21)30-20/h2-6,12,16,18-23,25-28H,7H2,1H3/t12-,16-,18+,19-,20+/m1/s1. The normalized spacial score (nSPS) is 26.4. The predicted molar refractivity (Wildman–Crippen MR) is 101 cm³/mol. The third-order valence-corrected chi connectivity index (χ3v) is 5.01. The fourth-order valence-electron chi connectivity index (χ4n) is 3.45. The molecule has 0 unspecified atom stereocenters. The highest BCUT2D eigenvalue weighted by Gasteiger charge is 2.46.